The van der Waals surface area contributed by atoms with Crippen LogP contribution in [0.3, 0.4) is 0 Å². The summed E-state index contributed by atoms with van der Waals surface area (Å²) >= 11 is 6.02. The molecule has 0 saturated carbocycles. The van der Waals surface area contributed by atoms with Crippen LogP contribution < -0.4 is 5.32 Å². The van der Waals surface area contributed by atoms with Crippen LogP contribution in [0, 0.1) is 0 Å². The number of aromatic nitrogens is 3. The third-order valence-electron chi connectivity index (χ3n) is 4.79. The molecule has 1 aromatic heterocycles. The van der Waals surface area contributed by atoms with Crippen molar-refractivity contribution in [2.24, 2.45) is 0 Å². The number of alkyl carbamates (subject to hydrolysis) is 1. The molecule has 1 aromatic carbocycles. The van der Waals surface area contributed by atoms with E-state index in [1.54, 1.807) is 17.0 Å². The van der Waals surface area contributed by atoms with Gasteiger partial charge in [-0.15, -0.1) is 10.2 Å². The minimum atomic E-state index is -0.632. The van der Waals surface area contributed by atoms with Gasteiger partial charge in [0.2, 0.25) is 0 Å². The number of halogens is 1. The number of hydrogen-bond acceptors (Lipinski definition) is 6. The van der Waals surface area contributed by atoms with Gasteiger partial charge in [-0.05, 0) is 59.2 Å². The Morgan fingerprint density at radius 1 is 1.03 bits per heavy atom. The lowest BCUT2D eigenvalue weighted by Gasteiger charge is -2.31. The Bertz CT molecular complexity index is 992. The highest BCUT2D eigenvalue weighted by Crippen LogP contribution is 2.24. The van der Waals surface area contributed by atoms with Gasteiger partial charge in [-0.1, -0.05) is 23.7 Å². The molecule has 3 rings (SSSR count). The van der Waals surface area contributed by atoms with Crippen molar-refractivity contribution < 1.29 is 19.1 Å². The van der Waals surface area contributed by atoms with Crippen LogP contribution in [0.2, 0.25) is 5.02 Å². The number of amides is 2. The molecular formula is C23H32ClN5O4. The first-order valence-electron chi connectivity index (χ1n) is 10.9. The summed E-state index contributed by atoms with van der Waals surface area (Å²) in [7, 11) is 0. The lowest BCUT2D eigenvalue weighted by molar-refractivity contribution is 0.0194. The van der Waals surface area contributed by atoms with Crippen LogP contribution in [-0.4, -0.2) is 49.6 Å². The molecule has 2 aromatic rings. The SMILES string of the molecule is CC(C)(C)OC(=O)NC(Cc1ccc(Cl)cc1)c1nnc2n1CCN(C(=O)OC(C)(C)C)C2. The van der Waals surface area contributed by atoms with Gasteiger partial charge in [0, 0.05) is 24.5 Å². The second-order valence-electron chi connectivity index (χ2n) is 10.1. The van der Waals surface area contributed by atoms with Gasteiger partial charge < -0.3 is 19.4 Å². The van der Waals surface area contributed by atoms with E-state index >= 15 is 0 Å². The van der Waals surface area contributed by atoms with Crippen molar-refractivity contribution in [1.29, 1.82) is 0 Å². The van der Waals surface area contributed by atoms with Crippen LogP contribution >= 0.6 is 11.6 Å². The minimum Gasteiger partial charge on any atom is -0.444 e. The zero-order valence-electron chi connectivity index (χ0n) is 20.0. The van der Waals surface area contributed by atoms with Gasteiger partial charge in [-0.3, -0.25) is 4.90 Å². The van der Waals surface area contributed by atoms with Gasteiger partial charge in [0.05, 0.1) is 12.6 Å². The molecule has 0 spiro atoms. The van der Waals surface area contributed by atoms with Gasteiger partial charge in [-0.25, -0.2) is 9.59 Å². The zero-order chi connectivity index (χ0) is 24.4. The first kappa shape index (κ1) is 24.8. The third kappa shape index (κ3) is 7.08. The topological polar surface area (TPSA) is 98.6 Å². The van der Waals surface area contributed by atoms with Crippen molar-refractivity contribution in [3.63, 3.8) is 0 Å². The Kier molecular flexibility index (Phi) is 7.21. The van der Waals surface area contributed by atoms with Crippen LogP contribution in [-0.2, 0) is 29.0 Å². The number of carbonyl (C=O) groups is 2. The molecule has 2 heterocycles. The maximum absolute atomic E-state index is 12.6. The molecule has 2 amide bonds. The molecule has 180 valence electrons. The minimum absolute atomic E-state index is 0.280. The van der Waals surface area contributed by atoms with Gasteiger partial charge in [0.1, 0.15) is 11.2 Å². The van der Waals surface area contributed by atoms with E-state index in [1.165, 1.54) is 0 Å². The monoisotopic (exact) mass is 477 g/mol. The van der Waals surface area contributed by atoms with E-state index in [0.717, 1.165) is 5.56 Å². The van der Waals surface area contributed by atoms with Crippen LogP contribution in [0.25, 0.3) is 0 Å². The standard InChI is InChI=1S/C23H32ClN5O4/c1-22(2,3)32-20(30)25-17(13-15-7-9-16(24)10-8-15)19-27-26-18-14-28(11-12-29(18)19)21(31)33-23(4,5)6/h7-10,17H,11-14H2,1-6H3,(H,25,30). The summed E-state index contributed by atoms with van der Waals surface area (Å²) in [5.41, 5.74) is -0.231. The Hall–Kier alpha value is -2.81. The largest absolute Gasteiger partial charge is 0.444 e. The fraction of sp³-hybridized carbons (Fsp3) is 0.565. The van der Waals surface area contributed by atoms with E-state index < -0.39 is 23.3 Å². The van der Waals surface area contributed by atoms with Gasteiger partial charge in [0.15, 0.2) is 11.6 Å². The first-order valence-corrected chi connectivity index (χ1v) is 11.3. The molecule has 0 saturated heterocycles. The van der Waals surface area contributed by atoms with Gasteiger partial charge in [0.25, 0.3) is 0 Å². The number of nitrogens with one attached hydrogen (secondary N) is 1. The quantitative estimate of drug-likeness (QED) is 0.696. The second kappa shape index (κ2) is 9.59. The van der Waals surface area contributed by atoms with E-state index in [0.29, 0.717) is 36.2 Å². The molecule has 0 aliphatic carbocycles. The van der Waals surface area contributed by atoms with E-state index in [1.807, 2.05) is 58.2 Å². The van der Waals surface area contributed by atoms with Crippen LogP contribution in [0.4, 0.5) is 9.59 Å². The molecule has 9 nitrogen and oxygen atoms in total. The number of benzene rings is 1. The molecule has 10 heteroatoms. The molecule has 1 aliphatic rings. The van der Waals surface area contributed by atoms with Crippen molar-refractivity contribution in [2.45, 2.75) is 78.3 Å². The molecule has 1 N–H and O–H groups in total. The normalized spacial score (nSPS) is 14.9. The van der Waals surface area contributed by atoms with Crippen molar-refractivity contribution in [3.8, 4) is 0 Å². The molecule has 0 bridgehead atoms. The van der Waals surface area contributed by atoms with Crippen molar-refractivity contribution in [3.05, 3.63) is 46.5 Å². The van der Waals surface area contributed by atoms with E-state index in [4.69, 9.17) is 21.1 Å². The summed E-state index contributed by atoms with van der Waals surface area (Å²) in [4.78, 5) is 26.6. The number of hydrogen-bond donors (Lipinski definition) is 1. The summed E-state index contributed by atoms with van der Waals surface area (Å²) in [5, 5.41) is 12.2. The molecule has 0 radical (unpaired) electrons. The fourth-order valence-corrected chi connectivity index (χ4v) is 3.56. The summed E-state index contributed by atoms with van der Waals surface area (Å²) in [5.74, 6) is 1.24. The average molecular weight is 478 g/mol. The molecule has 1 atom stereocenters. The highest BCUT2D eigenvalue weighted by Gasteiger charge is 2.31. The Labute approximate surface area is 199 Å². The predicted octanol–water partition coefficient (Wildman–Crippen LogP) is 4.49. The Balaban J connectivity index is 1.82. The molecule has 1 aliphatic heterocycles. The molecular weight excluding hydrogens is 446 g/mol. The molecule has 1 unspecified atom stereocenters. The smallest absolute Gasteiger partial charge is 0.410 e. The zero-order valence-corrected chi connectivity index (χ0v) is 20.8. The predicted molar refractivity (Wildman–Crippen MR) is 124 cm³/mol. The third-order valence-corrected chi connectivity index (χ3v) is 5.04. The van der Waals surface area contributed by atoms with E-state index in [9.17, 15) is 9.59 Å². The van der Waals surface area contributed by atoms with Crippen molar-refractivity contribution >= 4 is 23.8 Å². The lowest BCUT2D eigenvalue weighted by atomic mass is 10.1. The lowest BCUT2D eigenvalue weighted by Crippen LogP contribution is -2.42. The maximum Gasteiger partial charge on any atom is 0.410 e. The highest BCUT2D eigenvalue weighted by atomic mass is 35.5. The highest BCUT2D eigenvalue weighted by molar-refractivity contribution is 6.30. The van der Waals surface area contributed by atoms with Gasteiger partial charge >= 0.3 is 12.2 Å². The van der Waals surface area contributed by atoms with Crippen LogP contribution in [0.5, 0.6) is 0 Å². The second-order valence-corrected chi connectivity index (χ2v) is 10.5. The van der Waals surface area contributed by atoms with Crippen molar-refractivity contribution in [2.75, 3.05) is 6.54 Å². The maximum atomic E-state index is 12.6. The van der Waals surface area contributed by atoms with E-state index in [2.05, 4.69) is 15.5 Å². The number of ether oxygens (including phenoxy) is 2. The number of fused-ring (bicyclic) bond motifs is 1. The summed E-state index contributed by atoms with van der Waals surface area (Å²) in [6, 6.07) is 6.95. The van der Waals surface area contributed by atoms with Crippen LogP contribution in [0.1, 0.15) is 64.8 Å². The number of nitrogens with zero attached hydrogens (tertiary/aromatic N) is 4. The first-order chi connectivity index (χ1) is 15.3. The molecule has 0 fully saturated rings. The Morgan fingerprint density at radius 2 is 1.67 bits per heavy atom. The fourth-order valence-electron chi connectivity index (χ4n) is 3.43. The summed E-state index contributed by atoms with van der Waals surface area (Å²) in [6.45, 7) is 12.2. The van der Waals surface area contributed by atoms with Crippen LogP contribution in [0.15, 0.2) is 24.3 Å². The molecule has 33 heavy (non-hydrogen) atoms. The summed E-state index contributed by atoms with van der Waals surface area (Å²) in [6.07, 6.45) is -0.447. The van der Waals surface area contributed by atoms with E-state index in [-0.39, 0.29) is 12.6 Å². The number of carbonyl (C=O) groups excluding carboxylic acids is 2. The average Bonchev–Trinajstić information content (AvgIpc) is 3.09. The summed E-state index contributed by atoms with van der Waals surface area (Å²) < 4.78 is 12.9. The number of rotatable bonds is 4. The Morgan fingerprint density at radius 3 is 2.27 bits per heavy atom. The van der Waals surface area contributed by atoms with Gasteiger partial charge in [-0.2, -0.15) is 0 Å². The van der Waals surface area contributed by atoms with Crippen molar-refractivity contribution in [1.82, 2.24) is 25.0 Å².